The highest BCUT2D eigenvalue weighted by Crippen LogP contribution is 2.19. The van der Waals surface area contributed by atoms with E-state index in [4.69, 9.17) is 0 Å². The van der Waals surface area contributed by atoms with Gasteiger partial charge in [0.15, 0.2) is 0 Å². The van der Waals surface area contributed by atoms with E-state index < -0.39 is 0 Å². The molecule has 5 nitrogen and oxygen atoms in total. The first-order valence-electron chi connectivity index (χ1n) is 7.35. The Bertz CT molecular complexity index is 534. The molecule has 2 N–H and O–H groups in total. The van der Waals surface area contributed by atoms with Crippen LogP contribution in [-0.2, 0) is 9.59 Å². The van der Waals surface area contributed by atoms with Crippen molar-refractivity contribution in [2.75, 3.05) is 25.5 Å². The minimum Gasteiger partial charge on any atom is -0.353 e. The molecule has 0 heterocycles. The average molecular weight is 370 g/mol. The van der Waals surface area contributed by atoms with Gasteiger partial charge in [-0.3, -0.25) is 14.5 Å². The number of nitrogens with one attached hydrogen (secondary N) is 2. The fourth-order valence-corrected chi connectivity index (χ4v) is 2.40. The van der Waals surface area contributed by atoms with Gasteiger partial charge in [0.25, 0.3) is 0 Å². The van der Waals surface area contributed by atoms with Crippen LogP contribution in [0, 0.1) is 6.92 Å². The standard InChI is InChI=1S/C16H24BrN3O2/c1-5-12(3)18-15(21)9-20(4)10-16(22)19-14-7-6-13(17)8-11(14)2/h6-8,12H,5,9-10H2,1-4H3,(H,18,21)(H,19,22)/t12-/m0/s1. The Labute approximate surface area is 140 Å². The van der Waals surface area contributed by atoms with Gasteiger partial charge in [-0.15, -0.1) is 0 Å². The van der Waals surface area contributed by atoms with Crippen molar-refractivity contribution in [1.82, 2.24) is 10.2 Å². The Morgan fingerprint density at radius 1 is 1.27 bits per heavy atom. The molecule has 0 unspecified atom stereocenters. The molecule has 0 bridgehead atoms. The Balaban J connectivity index is 2.45. The molecule has 0 saturated carbocycles. The van der Waals surface area contributed by atoms with Gasteiger partial charge >= 0.3 is 0 Å². The lowest BCUT2D eigenvalue weighted by atomic mass is 10.2. The number of carbonyl (C=O) groups is 2. The van der Waals surface area contributed by atoms with E-state index in [9.17, 15) is 9.59 Å². The van der Waals surface area contributed by atoms with Gasteiger partial charge in [0.05, 0.1) is 13.1 Å². The minimum absolute atomic E-state index is 0.0653. The predicted octanol–water partition coefficient (Wildman–Crippen LogP) is 2.54. The summed E-state index contributed by atoms with van der Waals surface area (Å²) >= 11 is 3.39. The van der Waals surface area contributed by atoms with Crippen LogP contribution >= 0.6 is 15.9 Å². The third-order valence-corrected chi connectivity index (χ3v) is 3.80. The molecule has 0 spiro atoms. The van der Waals surface area contributed by atoms with Crippen molar-refractivity contribution in [3.05, 3.63) is 28.2 Å². The van der Waals surface area contributed by atoms with Crippen molar-refractivity contribution in [2.45, 2.75) is 33.2 Å². The molecule has 0 radical (unpaired) electrons. The summed E-state index contributed by atoms with van der Waals surface area (Å²) < 4.78 is 0.974. The maximum absolute atomic E-state index is 12.0. The molecule has 0 aliphatic heterocycles. The number of carbonyl (C=O) groups excluding carboxylic acids is 2. The van der Waals surface area contributed by atoms with Crippen molar-refractivity contribution in [3.8, 4) is 0 Å². The number of aryl methyl sites for hydroxylation is 1. The first-order valence-corrected chi connectivity index (χ1v) is 8.15. The molecule has 1 aromatic carbocycles. The lowest BCUT2D eigenvalue weighted by Gasteiger charge is -2.18. The Morgan fingerprint density at radius 2 is 1.91 bits per heavy atom. The van der Waals surface area contributed by atoms with Crippen LogP contribution < -0.4 is 10.6 Å². The molecule has 2 amide bonds. The second kappa shape index (κ2) is 8.90. The Hall–Kier alpha value is -1.40. The average Bonchev–Trinajstić information content (AvgIpc) is 2.41. The number of hydrogen-bond acceptors (Lipinski definition) is 3. The van der Waals surface area contributed by atoms with Gasteiger partial charge in [-0.05, 0) is 51.1 Å². The van der Waals surface area contributed by atoms with Gasteiger partial charge in [-0.25, -0.2) is 0 Å². The summed E-state index contributed by atoms with van der Waals surface area (Å²) in [6.45, 7) is 6.29. The predicted molar refractivity (Wildman–Crippen MR) is 92.9 cm³/mol. The molecule has 1 aromatic rings. The van der Waals surface area contributed by atoms with Crippen LogP contribution in [0.5, 0.6) is 0 Å². The lowest BCUT2D eigenvalue weighted by molar-refractivity contribution is -0.123. The first kappa shape index (κ1) is 18.6. The van der Waals surface area contributed by atoms with E-state index >= 15 is 0 Å². The molecule has 1 rings (SSSR count). The summed E-state index contributed by atoms with van der Waals surface area (Å²) in [6.07, 6.45) is 0.888. The number of anilines is 1. The zero-order valence-electron chi connectivity index (χ0n) is 13.6. The van der Waals surface area contributed by atoms with Crippen molar-refractivity contribution in [3.63, 3.8) is 0 Å². The number of halogens is 1. The largest absolute Gasteiger partial charge is 0.353 e. The van der Waals surface area contributed by atoms with E-state index in [1.165, 1.54) is 0 Å². The fraction of sp³-hybridized carbons (Fsp3) is 0.500. The number of likely N-dealkylation sites (N-methyl/N-ethyl adjacent to an activating group) is 1. The van der Waals surface area contributed by atoms with Crippen LogP contribution in [0.3, 0.4) is 0 Å². The first-order chi connectivity index (χ1) is 10.3. The highest BCUT2D eigenvalue weighted by Gasteiger charge is 2.12. The van der Waals surface area contributed by atoms with Gasteiger partial charge in [0, 0.05) is 16.2 Å². The van der Waals surface area contributed by atoms with E-state index in [1.54, 1.807) is 11.9 Å². The molecule has 0 fully saturated rings. The van der Waals surface area contributed by atoms with Crippen LogP contribution in [0.1, 0.15) is 25.8 Å². The molecular formula is C16H24BrN3O2. The fourth-order valence-electron chi connectivity index (χ4n) is 1.93. The molecule has 0 aromatic heterocycles. The van der Waals surface area contributed by atoms with Crippen LogP contribution in [0.2, 0.25) is 0 Å². The maximum Gasteiger partial charge on any atom is 0.238 e. The molecule has 122 valence electrons. The van der Waals surface area contributed by atoms with Crippen LogP contribution in [0.15, 0.2) is 22.7 Å². The summed E-state index contributed by atoms with van der Waals surface area (Å²) in [5.74, 6) is -0.200. The topological polar surface area (TPSA) is 61.4 Å². The monoisotopic (exact) mass is 369 g/mol. The van der Waals surface area contributed by atoms with Crippen molar-refractivity contribution < 1.29 is 9.59 Å². The molecule has 6 heteroatoms. The van der Waals surface area contributed by atoms with E-state index in [0.717, 1.165) is 22.1 Å². The summed E-state index contributed by atoms with van der Waals surface area (Å²) in [6, 6.07) is 5.83. The molecule has 1 atom stereocenters. The highest BCUT2D eigenvalue weighted by atomic mass is 79.9. The number of benzene rings is 1. The minimum atomic E-state index is -0.135. The molecule has 0 saturated heterocycles. The van der Waals surface area contributed by atoms with Gasteiger partial charge in [-0.1, -0.05) is 22.9 Å². The summed E-state index contributed by atoms with van der Waals surface area (Å²) in [7, 11) is 1.75. The summed E-state index contributed by atoms with van der Waals surface area (Å²) in [5, 5.41) is 5.74. The van der Waals surface area contributed by atoms with Gasteiger partial charge in [0.1, 0.15) is 0 Å². The van der Waals surface area contributed by atoms with E-state index in [2.05, 4.69) is 26.6 Å². The van der Waals surface area contributed by atoms with Crippen molar-refractivity contribution in [2.24, 2.45) is 0 Å². The van der Waals surface area contributed by atoms with Crippen molar-refractivity contribution >= 4 is 33.4 Å². The number of nitrogens with zero attached hydrogens (tertiary/aromatic N) is 1. The normalized spacial score (nSPS) is 12.1. The number of amides is 2. The van der Waals surface area contributed by atoms with E-state index in [-0.39, 0.29) is 30.9 Å². The molecule has 0 aliphatic rings. The number of rotatable bonds is 7. The maximum atomic E-state index is 12.0. The molecule has 22 heavy (non-hydrogen) atoms. The van der Waals surface area contributed by atoms with Gasteiger partial charge in [0.2, 0.25) is 11.8 Å². The molecule has 0 aliphatic carbocycles. The quantitative estimate of drug-likeness (QED) is 0.776. The van der Waals surface area contributed by atoms with Crippen molar-refractivity contribution in [1.29, 1.82) is 0 Å². The number of hydrogen-bond donors (Lipinski definition) is 2. The lowest BCUT2D eigenvalue weighted by Crippen LogP contribution is -2.41. The third kappa shape index (κ3) is 6.58. The smallest absolute Gasteiger partial charge is 0.238 e. The molecular weight excluding hydrogens is 346 g/mol. The SMILES string of the molecule is CC[C@H](C)NC(=O)CN(C)CC(=O)Nc1ccc(Br)cc1C. The zero-order valence-corrected chi connectivity index (χ0v) is 15.2. The van der Waals surface area contributed by atoms with E-state index in [0.29, 0.717) is 0 Å². The summed E-state index contributed by atoms with van der Waals surface area (Å²) in [4.78, 5) is 25.5. The second-order valence-electron chi connectivity index (χ2n) is 5.56. The third-order valence-electron chi connectivity index (χ3n) is 3.31. The summed E-state index contributed by atoms with van der Waals surface area (Å²) in [5.41, 5.74) is 1.77. The Kier molecular flexibility index (Phi) is 7.55. The van der Waals surface area contributed by atoms with Crippen LogP contribution in [0.25, 0.3) is 0 Å². The Morgan fingerprint density at radius 3 is 2.50 bits per heavy atom. The van der Waals surface area contributed by atoms with Gasteiger partial charge in [-0.2, -0.15) is 0 Å². The van der Waals surface area contributed by atoms with Crippen LogP contribution in [0.4, 0.5) is 5.69 Å². The van der Waals surface area contributed by atoms with Gasteiger partial charge < -0.3 is 10.6 Å². The van der Waals surface area contributed by atoms with E-state index in [1.807, 2.05) is 39.0 Å². The zero-order chi connectivity index (χ0) is 16.7. The van der Waals surface area contributed by atoms with Crippen LogP contribution in [-0.4, -0.2) is 42.9 Å². The second-order valence-corrected chi connectivity index (χ2v) is 6.47. The highest BCUT2D eigenvalue weighted by molar-refractivity contribution is 9.10.